The Morgan fingerprint density at radius 2 is 2.14 bits per heavy atom. The summed E-state index contributed by atoms with van der Waals surface area (Å²) < 4.78 is 0. The fourth-order valence-electron chi connectivity index (χ4n) is 1.20. The number of nitrogens with one attached hydrogen (secondary N) is 1. The van der Waals surface area contributed by atoms with Gasteiger partial charge in [0, 0.05) is 0 Å². The molecule has 1 aromatic rings. The third-order valence-electron chi connectivity index (χ3n) is 1.94. The quantitative estimate of drug-likeness (QED) is 0.651. The van der Waals surface area contributed by atoms with Crippen LogP contribution in [0.2, 0.25) is 0 Å². The third-order valence-corrected chi connectivity index (χ3v) is 1.94. The van der Waals surface area contributed by atoms with Gasteiger partial charge in [-0.1, -0.05) is 13.8 Å². The topological polar surface area (TPSA) is 96.2 Å². The number of aromatic nitrogens is 1. The Morgan fingerprint density at radius 1 is 1.57 bits per heavy atom. The smallest absolute Gasteiger partial charge is 0.352 e. The molecule has 1 heterocycles. The lowest BCUT2D eigenvalue weighted by Crippen LogP contribution is -2.19. The number of nitrogen functional groups attached to an aromatic ring is 1. The van der Waals surface area contributed by atoms with E-state index in [0.29, 0.717) is 5.56 Å². The second-order valence-electron chi connectivity index (χ2n) is 3.34. The number of aromatic amines is 1. The largest absolute Gasteiger partial charge is 0.477 e. The van der Waals surface area contributed by atoms with Crippen molar-refractivity contribution in [2.75, 3.05) is 5.73 Å². The van der Waals surface area contributed by atoms with Gasteiger partial charge in [0.1, 0.15) is 5.69 Å². The zero-order valence-corrected chi connectivity index (χ0v) is 8.00. The molecule has 0 aliphatic heterocycles. The molecule has 0 spiro atoms. The molecule has 0 radical (unpaired) electrons. The van der Waals surface area contributed by atoms with Crippen LogP contribution in [0, 0.1) is 0 Å². The van der Waals surface area contributed by atoms with E-state index >= 15 is 0 Å². The minimum absolute atomic E-state index is 0.000231. The maximum Gasteiger partial charge on any atom is 0.352 e. The van der Waals surface area contributed by atoms with E-state index in [1.54, 1.807) is 0 Å². The van der Waals surface area contributed by atoms with Crippen LogP contribution in [0.3, 0.4) is 0 Å². The number of H-pyrrole nitrogens is 1. The Balaban J connectivity index is 3.47. The van der Waals surface area contributed by atoms with Crippen LogP contribution in [0.15, 0.2) is 10.9 Å². The zero-order valence-electron chi connectivity index (χ0n) is 8.00. The molecule has 0 unspecified atom stereocenters. The molecule has 0 amide bonds. The SMILES string of the molecule is CC(C)c1cc(N)c(=O)[nH]c1C(=O)O. The lowest BCUT2D eigenvalue weighted by Gasteiger charge is -2.09. The molecule has 0 bridgehead atoms. The molecular formula is C9H12N2O3. The number of pyridine rings is 1. The number of rotatable bonds is 2. The molecule has 1 rings (SSSR count). The normalized spacial score (nSPS) is 10.5. The molecule has 76 valence electrons. The first-order valence-corrected chi connectivity index (χ1v) is 4.19. The average molecular weight is 196 g/mol. The van der Waals surface area contributed by atoms with Crippen LogP contribution >= 0.6 is 0 Å². The molecule has 0 aliphatic rings. The molecule has 0 aromatic carbocycles. The van der Waals surface area contributed by atoms with Gasteiger partial charge in [-0.25, -0.2) is 4.79 Å². The lowest BCUT2D eigenvalue weighted by atomic mass is 10.0. The molecule has 0 fully saturated rings. The van der Waals surface area contributed by atoms with E-state index in [9.17, 15) is 9.59 Å². The molecule has 0 saturated heterocycles. The number of hydrogen-bond donors (Lipinski definition) is 3. The summed E-state index contributed by atoms with van der Waals surface area (Å²) in [7, 11) is 0. The van der Waals surface area contributed by atoms with Gasteiger partial charge in [-0.3, -0.25) is 4.79 Å². The van der Waals surface area contributed by atoms with Gasteiger partial charge in [0.25, 0.3) is 5.56 Å². The highest BCUT2D eigenvalue weighted by Crippen LogP contribution is 2.18. The summed E-state index contributed by atoms with van der Waals surface area (Å²) in [5.41, 5.74) is 5.32. The number of carboxylic acids is 1. The summed E-state index contributed by atoms with van der Waals surface area (Å²) in [4.78, 5) is 24.1. The summed E-state index contributed by atoms with van der Waals surface area (Å²) in [5.74, 6) is -1.15. The van der Waals surface area contributed by atoms with E-state index < -0.39 is 11.5 Å². The predicted molar refractivity (Wildman–Crippen MR) is 52.5 cm³/mol. The summed E-state index contributed by atoms with van der Waals surface area (Å²) >= 11 is 0. The molecular weight excluding hydrogens is 184 g/mol. The lowest BCUT2D eigenvalue weighted by molar-refractivity contribution is 0.0688. The van der Waals surface area contributed by atoms with Crippen molar-refractivity contribution >= 4 is 11.7 Å². The van der Waals surface area contributed by atoms with Gasteiger partial charge < -0.3 is 15.8 Å². The molecule has 1 aromatic heterocycles. The van der Waals surface area contributed by atoms with Crippen LogP contribution in [0.1, 0.15) is 35.8 Å². The van der Waals surface area contributed by atoms with Crippen LogP contribution in [0.25, 0.3) is 0 Å². The molecule has 14 heavy (non-hydrogen) atoms. The Bertz CT molecular complexity index is 421. The van der Waals surface area contributed by atoms with E-state index in [1.165, 1.54) is 6.07 Å². The van der Waals surface area contributed by atoms with E-state index in [0.717, 1.165) is 0 Å². The van der Waals surface area contributed by atoms with Gasteiger partial charge in [-0.15, -0.1) is 0 Å². The fourth-order valence-corrected chi connectivity index (χ4v) is 1.20. The van der Waals surface area contributed by atoms with E-state index in [4.69, 9.17) is 10.8 Å². The van der Waals surface area contributed by atoms with E-state index in [-0.39, 0.29) is 17.3 Å². The van der Waals surface area contributed by atoms with Gasteiger partial charge in [-0.2, -0.15) is 0 Å². The van der Waals surface area contributed by atoms with Crippen molar-refractivity contribution in [3.63, 3.8) is 0 Å². The second kappa shape index (κ2) is 3.53. The number of aromatic carboxylic acids is 1. The monoisotopic (exact) mass is 196 g/mol. The highest BCUT2D eigenvalue weighted by atomic mass is 16.4. The summed E-state index contributed by atoms with van der Waals surface area (Å²) in [6.07, 6.45) is 0. The van der Waals surface area contributed by atoms with Crippen LogP contribution in [-0.2, 0) is 0 Å². The van der Waals surface area contributed by atoms with Crippen molar-refractivity contribution in [2.45, 2.75) is 19.8 Å². The van der Waals surface area contributed by atoms with Gasteiger partial charge in [0.2, 0.25) is 0 Å². The summed E-state index contributed by atoms with van der Waals surface area (Å²) in [6, 6.07) is 1.41. The van der Waals surface area contributed by atoms with Crippen molar-refractivity contribution in [1.82, 2.24) is 4.98 Å². The standard InChI is InChI=1S/C9H12N2O3/c1-4(2)5-3-6(10)8(12)11-7(5)9(13)14/h3-4H,10H2,1-2H3,(H,11,12)(H,13,14). The number of hydrogen-bond acceptors (Lipinski definition) is 3. The Labute approximate surface area is 80.6 Å². The van der Waals surface area contributed by atoms with Crippen molar-refractivity contribution < 1.29 is 9.90 Å². The number of carboxylic acid groups (broad SMARTS) is 1. The summed E-state index contributed by atoms with van der Waals surface area (Å²) in [6.45, 7) is 3.67. The van der Waals surface area contributed by atoms with Gasteiger partial charge in [0.05, 0.1) is 5.69 Å². The van der Waals surface area contributed by atoms with Crippen LogP contribution in [-0.4, -0.2) is 16.1 Å². The first-order chi connectivity index (χ1) is 6.43. The van der Waals surface area contributed by atoms with Gasteiger partial charge in [-0.05, 0) is 17.5 Å². The number of anilines is 1. The molecule has 0 aliphatic carbocycles. The van der Waals surface area contributed by atoms with Gasteiger partial charge in [0.15, 0.2) is 0 Å². The number of carbonyl (C=O) groups is 1. The molecule has 4 N–H and O–H groups in total. The van der Waals surface area contributed by atoms with Crippen LogP contribution in [0.4, 0.5) is 5.69 Å². The Kier molecular flexibility index (Phi) is 2.60. The maximum atomic E-state index is 11.1. The predicted octanol–water partition coefficient (Wildman–Crippen LogP) is 0.779. The highest BCUT2D eigenvalue weighted by Gasteiger charge is 2.15. The molecule has 5 nitrogen and oxygen atoms in total. The average Bonchev–Trinajstić information content (AvgIpc) is 2.08. The van der Waals surface area contributed by atoms with Gasteiger partial charge >= 0.3 is 5.97 Å². The van der Waals surface area contributed by atoms with Crippen molar-refractivity contribution in [2.24, 2.45) is 0 Å². The number of nitrogens with two attached hydrogens (primary N) is 1. The van der Waals surface area contributed by atoms with Crippen molar-refractivity contribution in [3.8, 4) is 0 Å². The highest BCUT2D eigenvalue weighted by molar-refractivity contribution is 5.87. The second-order valence-corrected chi connectivity index (χ2v) is 3.34. The van der Waals surface area contributed by atoms with E-state index in [1.807, 2.05) is 13.8 Å². The van der Waals surface area contributed by atoms with Crippen molar-refractivity contribution in [1.29, 1.82) is 0 Å². The fraction of sp³-hybridized carbons (Fsp3) is 0.333. The first kappa shape index (κ1) is 10.3. The molecule has 0 atom stereocenters. The Morgan fingerprint density at radius 3 is 2.57 bits per heavy atom. The van der Waals surface area contributed by atoms with Crippen LogP contribution in [0.5, 0.6) is 0 Å². The Hall–Kier alpha value is -1.78. The minimum atomic E-state index is -1.15. The summed E-state index contributed by atoms with van der Waals surface area (Å²) in [5, 5.41) is 8.82. The van der Waals surface area contributed by atoms with Crippen molar-refractivity contribution in [3.05, 3.63) is 27.7 Å². The zero-order chi connectivity index (χ0) is 10.9. The van der Waals surface area contributed by atoms with E-state index in [2.05, 4.69) is 4.98 Å². The minimum Gasteiger partial charge on any atom is -0.477 e. The maximum absolute atomic E-state index is 11.1. The first-order valence-electron chi connectivity index (χ1n) is 4.19. The molecule has 5 heteroatoms. The molecule has 0 saturated carbocycles. The third kappa shape index (κ3) is 1.76. The van der Waals surface area contributed by atoms with Crippen LogP contribution < -0.4 is 11.3 Å².